The zero-order valence-electron chi connectivity index (χ0n) is 14.4. The van der Waals surface area contributed by atoms with Crippen LogP contribution in [0.5, 0.6) is 5.75 Å². The number of halogens is 2. The normalized spacial score (nSPS) is 13.4. The van der Waals surface area contributed by atoms with E-state index in [9.17, 15) is 9.59 Å². The molecule has 0 aliphatic heterocycles. The molecule has 1 N–H and O–H groups in total. The number of carbonyl (C=O) groups is 2. The van der Waals surface area contributed by atoms with E-state index in [1.165, 1.54) is 0 Å². The highest BCUT2D eigenvalue weighted by Gasteiger charge is 2.28. The Kier molecular flexibility index (Phi) is 5.89. The van der Waals surface area contributed by atoms with Crippen molar-refractivity contribution in [3.05, 3.63) is 50.9 Å². The SMILES string of the molecule is Cc1c(C(=O)NCCCOc2ccc(Cl)cc2Cl)oc2c1C(=O)CCC2. The van der Waals surface area contributed by atoms with Gasteiger partial charge in [-0.2, -0.15) is 0 Å². The summed E-state index contributed by atoms with van der Waals surface area (Å²) in [7, 11) is 0. The Labute approximate surface area is 161 Å². The number of hydrogen-bond donors (Lipinski definition) is 1. The number of Topliss-reactive ketones (excluding diaryl/α,β-unsaturated/α-hetero) is 1. The number of fused-ring (bicyclic) bond motifs is 1. The van der Waals surface area contributed by atoms with Gasteiger partial charge in [-0.3, -0.25) is 9.59 Å². The minimum Gasteiger partial charge on any atom is -0.492 e. The van der Waals surface area contributed by atoms with E-state index in [4.69, 9.17) is 32.4 Å². The molecule has 0 fully saturated rings. The van der Waals surface area contributed by atoms with E-state index in [1.54, 1.807) is 25.1 Å². The highest BCUT2D eigenvalue weighted by atomic mass is 35.5. The Morgan fingerprint density at radius 1 is 1.31 bits per heavy atom. The van der Waals surface area contributed by atoms with Crippen molar-refractivity contribution < 1.29 is 18.7 Å². The third-order valence-electron chi connectivity index (χ3n) is 4.27. The molecule has 3 rings (SSSR count). The maximum atomic E-state index is 12.3. The number of nitrogens with one attached hydrogen (secondary N) is 1. The summed E-state index contributed by atoms with van der Waals surface area (Å²) in [6.07, 6.45) is 2.58. The number of ketones is 1. The first-order valence-corrected chi connectivity index (χ1v) is 9.24. The topological polar surface area (TPSA) is 68.5 Å². The van der Waals surface area contributed by atoms with Crippen LogP contribution < -0.4 is 10.1 Å². The standard InChI is InChI=1S/C19H19Cl2NO4/c1-11-17-14(23)4-2-5-16(17)26-18(11)19(24)22-8-3-9-25-15-7-6-12(20)10-13(15)21/h6-7,10H,2-5,8-9H2,1H3,(H,22,24). The molecule has 1 aromatic heterocycles. The van der Waals surface area contributed by atoms with Crippen molar-refractivity contribution in [3.63, 3.8) is 0 Å². The predicted octanol–water partition coefficient (Wildman–Crippen LogP) is 4.61. The molecule has 7 heteroatoms. The summed E-state index contributed by atoms with van der Waals surface area (Å²) in [5, 5.41) is 3.79. The van der Waals surface area contributed by atoms with E-state index >= 15 is 0 Å². The summed E-state index contributed by atoms with van der Waals surface area (Å²) in [6, 6.07) is 5.02. The first-order chi connectivity index (χ1) is 12.5. The molecule has 1 amide bonds. The van der Waals surface area contributed by atoms with Crippen molar-refractivity contribution in [2.24, 2.45) is 0 Å². The molecule has 0 saturated carbocycles. The number of rotatable bonds is 6. The number of benzene rings is 1. The minimum atomic E-state index is -0.311. The number of ether oxygens (including phenoxy) is 1. The average Bonchev–Trinajstić information content (AvgIpc) is 2.94. The van der Waals surface area contributed by atoms with Crippen LogP contribution in [0.2, 0.25) is 10.0 Å². The van der Waals surface area contributed by atoms with Gasteiger partial charge in [-0.1, -0.05) is 23.2 Å². The van der Waals surface area contributed by atoms with Gasteiger partial charge in [0.25, 0.3) is 5.91 Å². The van der Waals surface area contributed by atoms with E-state index in [-0.39, 0.29) is 17.5 Å². The second-order valence-electron chi connectivity index (χ2n) is 6.16. The van der Waals surface area contributed by atoms with Crippen LogP contribution in [0.1, 0.15) is 51.5 Å². The highest BCUT2D eigenvalue weighted by molar-refractivity contribution is 6.35. The molecule has 0 unspecified atom stereocenters. The fourth-order valence-corrected chi connectivity index (χ4v) is 3.46. The van der Waals surface area contributed by atoms with Gasteiger partial charge in [-0.05, 0) is 38.0 Å². The number of amides is 1. The molecule has 0 atom stereocenters. The molecule has 0 bridgehead atoms. The molecule has 138 valence electrons. The molecule has 1 heterocycles. The molecule has 1 aromatic carbocycles. The van der Waals surface area contributed by atoms with Gasteiger partial charge in [0.1, 0.15) is 11.5 Å². The van der Waals surface area contributed by atoms with Crippen LogP contribution in [0.4, 0.5) is 0 Å². The lowest BCUT2D eigenvalue weighted by Gasteiger charge is -2.08. The average molecular weight is 396 g/mol. The fraction of sp³-hybridized carbons (Fsp3) is 0.368. The third-order valence-corrected chi connectivity index (χ3v) is 4.80. The lowest BCUT2D eigenvalue weighted by molar-refractivity contribution is 0.0917. The van der Waals surface area contributed by atoms with E-state index in [0.29, 0.717) is 65.1 Å². The van der Waals surface area contributed by atoms with Crippen LogP contribution in [0, 0.1) is 6.92 Å². The first kappa shape index (κ1) is 18.8. The largest absolute Gasteiger partial charge is 0.492 e. The molecular formula is C19H19Cl2NO4. The summed E-state index contributed by atoms with van der Waals surface area (Å²) in [5.41, 5.74) is 1.22. The Hall–Kier alpha value is -1.98. The van der Waals surface area contributed by atoms with Crippen molar-refractivity contribution >= 4 is 34.9 Å². The summed E-state index contributed by atoms with van der Waals surface area (Å²) in [4.78, 5) is 24.3. The lowest BCUT2D eigenvalue weighted by atomic mass is 9.94. The van der Waals surface area contributed by atoms with Crippen LogP contribution in [0.25, 0.3) is 0 Å². The predicted molar refractivity (Wildman–Crippen MR) is 99.6 cm³/mol. The zero-order valence-corrected chi connectivity index (χ0v) is 15.9. The maximum Gasteiger partial charge on any atom is 0.287 e. The number of furan rings is 1. The van der Waals surface area contributed by atoms with Crippen molar-refractivity contribution in [2.45, 2.75) is 32.6 Å². The summed E-state index contributed by atoms with van der Waals surface area (Å²) in [5.74, 6) is 1.15. The summed E-state index contributed by atoms with van der Waals surface area (Å²) in [6.45, 7) is 2.57. The second kappa shape index (κ2) is 8.14. The van der Waals surface area contributed by atoms with Crippen LogP contribution in [-0.4, -0.2) is 24.8 Å². The van der Waals surface area contributed by atoms with Gasteiger partial charge in [0.05, 0.1) is 17.2 Å². The zero-order chi connectivity index (χ0) is 18.7. The highest BCUT2D eigenvalue weighted by Crippen LogP contribution is 2.29. The van der Waals surface area contributed by atoms with Gasteiger partial charge in [-0.25, -0.2) is 0 Å². The first-order valence-electron chi connectivity index (χ1n) is 8.49. The van der Waals surface area contributed by atoms with Gasteiger partial charge in [0, 0.05) is 30.0 Å². The fourth-order valence-electron chi connectivity index (χ4n) is 2.99. The molecule has 26 heavy (non-hydrogen) atoms. The van der Waals surface area contributed by atoms with Crippen LogP contribution in [-0.2, 0) is 6.42 Å². The molecular weight excluding hydrogens is 377 g/mol. The van der Waals surface area contributed by atoms with Gasteiger partial charge in [-0.15, -0.1) is 0 Å². The van der Waals surface area contributed by atoms with E-state index in [1.807, 2.05) is 0 Å². The van der Waals surface area contributed by atoms with Gasteiger partial charge >= 0.3 is 0 Å². The minimum absolute atomic E-state index is 0.0554. The van der Waals surface area contributed by atoms with Gasteiger partial charge in [0.2, 0.25) is 0 Å². The number of hydrogen-bond acceptors (Lipinski definition) is 4. The second-order valence-corrected chi connectivity index (χ2v) is 7.01. The van der Waals surface area contributed by atoms with Crippen LogP contribution in [0.15, 0.2) is 22.6 Å². The van der Waals surface area contributed by atoms with E-state index in [2.05, 4.69) is 5.32 Å². The van der Waals surface area contributed by atoms with Crippen molar-refractivity contribution in [2.75, 3.05) is 13.2 Å². The lowest BCUT2D eigenvalue weighted by Crippen LogP contribution is -2.25. The van der Waals surface area contributed by atoms with E-state index in [0.717, 1.165) is 6.42 Å². The number of carbonyl (C=O) groups excluding carboxylic acids is 2. The van der Waals surface area contributed by atoms with Gasteiger partial charge < -0.3 is 14.5 Å². The smallest absolute Gasteiger partial charge is 0.287 e. The Morgan fingerprint density at radius 3 is 2.85 bits per heavy atom. The van der Waals surface area contributed by atoms with E-state index < -0.39 is 0 Å². The molecule has 1 aliphatic carbocycles. The molecule has 0 spiro atoms. The quantitative estimate of drug-likeness (QED) is 0.724. The van der Waals surface area contributed by atoms with Crippen molar-refractivity contribution in [3.8, 4) is 5.75 Å². The summed E-state index contributed by atoms with van der Waals surface area (Å²) >= 11 is 11.9. The molecule has 5 nitrogen and oxygen atoms in total. The molecule has 0 radical (unpaired) electrons. The Morgan fingerprint density at radius 2 is 2.12 bits per heavy atom. The molecule has 1 aliphatic rings. The summed E-state index contributed by atoms with van der Waals surface area (Å²) < 4.78 is 11.2. The molecule has 2 aromatic rings. The monoisotopic (exact) mass is 395 g/mol. The Bertz CT molecular complexity index is 844. The van der Waals surface area contributed by atoms with Crippen LogP contribution in [0.3, 0.4) is 0 Å². The number of aryl methyl sites for hydroxylation is 1. The van der Waals surface area contributed by atoms with Crippen molar-refractivity contribution in [1.82, 2.24) is 5.32 Å². The van der Waals surface area contributed by atoms with Crippen molar-refractivity contribution in [1.29, 1.82) is 0 Å². The maximum absolute atomic E-state index is 12.3. The van der Waals surface area contributed by atoms with Crippen LogP contribution >= 0.6 is 23.2 Å². The molecule has 0 saturated heterocycles. The van der Waals surface area contributed by atoms with Gasteiger partial charge in [0.15, 0.2) is 11.5 Å². The third kappa shape index (κ3) is 4.05. The Balaban J connectivity index is 1.50.